The average molecular weight is 518 g/mol. The molecule has 5 atom stereocenters. The predicted octanol–water partition coefficient (Wildman–Crippen LogP) is 3.23. The third-order valence-electron chi connectivity index (χ3n) is 9.10. The number of rotatable bonds is 4. The van der Waals surface area contributed by atoms with E-state index in [0.29, 0.717) is 29.2 Å². The van der Waals surface area contributed by atoms with Crippen LogP contribution in [0.2, 0.25) is 5.02 Å². The number of piperidine rings is 1. The standard InChI is InChI=1S/C26H28ClN3O4.ClH/c27-17-12-28-9-6-16(17)24(32)29-18-5-7-26(33)20-11-15-3-4-19(31)22-21(15)25(26,23(18)34-22)8-10-30(20)13-14-1-2-14;/h3-4,6,9,12,14,18,20,23,31,33H,1-2,5,7-8,10-11,13H2,(H,29,32);1H/t18-,20-,23+,25+,26-;/m1./s1. The molecule has 1 spiro atoms. The fourth-order valence-electron chi connectivity index (χ4n) is 7.43. The number of benzene rings is 1. The number of aliphatic hydroxyl groups is 1. The lowest BCUT2D eigenvalue weighted by atomic mass is 9.48. The van der Waals surface area contributed by atoms with Crippen molar-refractivity contribution in [3.63, 3.8) is 0 Å². The van der Waals surface area contributed by atoms with Crippen LogP contribution in [0.1, 0.15) is 53.6 Å². The lowest BCUT2D eigenvalue weighted by Gasteiger charge is -2.64. The first-order valence-electron chi connectivity index (χ1n) is 12.3. The fourth-order valence-corrected chi connectivity index (χ4v) is 7.64. The van der Waals surface area contributed by atoms with Gasteiger partial charge in [0.25, 0.3) is 5.91 Å². The molecule has 5 aliphatic rings. The summed E-state index contributed by atoms with van der Waals surface area (Å²) in [5.41, 5.74) is 0.858. The first-order valence-corrected chi connectivity index (χ1v) is 12.7. The van der Waals surface area contributed by atoms with Crippen LogP contribution >= 0.6 is 24.0 Å². The van der Waals surface area contributed by atoms with E-state index in [9.17, 15) is 15.0 Å². The summed E-state index contributed by atoms with van der Waals surface area (Å²) in [6.07, 6.45) is 7.77. The highest BCUT2D eigenvalue weighted by Gasteiger charge is 2.73. The van der Waals surface area contributed by atoms with E-state index in [2.05, 4.69) is 15.2 Å². The second-order valence-electron chi connectivity index (χ2n) is 10.8. The number of pyridine rings is 1. The van der Waals surface area contributed by atoms with Crippen LogP contribution in [0.5, 0.6) is 11.5 Å². The second-order valence-corrected chi connectivity index (χ2v) is 11.2. The molecule has 3 heterocycles. The Labute approximate surface area is 215 Å². The number of nitrogens with zero attached hydrogens (tertiary/aromatic N) is 2. The lowest BCUT2D eigenvalue weighted by molar-refractivity contribution is -0.191. The summed E-state index contributed by atoms with van der Waals surface area (Å²) in [6, 6.07) is 5.01. The van der Waals surface area contributed by atoms with Gasteiger partial charge in [0.05, 0.1) is 27.6 Å². The number of ether oxygens (including phenoxy) is 1. The largest absolute Gasteiger partial charge is 0.504 e. The van der Waals surface area contributed by atoms with Crippen LogP contribution in [0.15, 0.2) is 30.6 Å². The Kier molecular flexibility index (Phi) is 5.32. The molecule has 1 aromatic heterocycles. The molecule has 0 unspecified atom stereocenters. The van der Waals surface area contributed by atoms with Crippen molar-refractivity contribution in [1.29, 1.82) is 0 Å². The summed E-state index contributed by atoms with van der Waals surface area (Å²) in [6.45, 7) is 1.92. The number of phenolic OH excluding ortho intramolecular Hbond substituents is 1. The number of carbonyl (C=O) groups excluding carboxylic acids is 1. The predicted molar refractivity (Wildman–Crippen MR) is 133 cm³/mol. The van der Waals surface area contributed by atoms with Crippen LogP contribution in [0.4, 0.5) is 0 Å². The third-order valence-corrected chi connectivity index (χ3v) is 9.40. The second kappa shape index (κ2) is 7.97. The molecule has 3 N–H and O–H groups in total. The fraction of sp³-hybridized carbons (Fsp3) is 0.538. The van der Waals surface area contributed by atoms with Gasteiger partial charge in [0, 0.05) is 30.5 Å². The summed E-state index contributed by atoms with van der Waals surface area (Å²) in [5, 5.41) is 26.6. The Bertz CT molecular complexity index is 1210. The number of hydrogen-bond donors (Lipinski definition) is 3. The highest BCUT2D eigenvalue weighted by Crippen LogP contribution is 2.65. The zero-order valence-corrected chi connectivity index (χ0v) is 20.8. The third kappa shape index (κ3) is 3.11. The van der Waals surface area contributed by atoms with E-state index < -0.39 is 17.1 Å². The number of likely N-dealkylation sites (tertiary alicyclic amines) is 1. The molecule has 3 fully saturated rings. The first kappa shape index (κ1) is 23.3. The molecular weight excluding hydrogens is 489 g/mol. The summed E-state index contributed by atoms with van der Waals surface area (Å²) < 4.78 is 6.49. The van der Waals surface area contributed by atoms with Gasteiger partial charge >= 0.3 is 0 Å². The number of phenols is 1. The smallest absolute Gasteiger partial charge is 0.253 e. The van der Waals surface area contributed by atoms with Gasteiger partial charge in [-0.15, -0.1) is 12.4 Å². The number of nitrogens with one attached hydrogen (secondary N) is 1. The maximum Gasteiger partial charge on any atom is 0.253 e. The van der Waals surface area contributed by atoms with Crippen LogP contribution in [0, 0.1) is 5.92 Å². The Hall–Kier alpha value is -2.06. The number of aromatic nitrogens is 1. The van der Waals surface area contributed by atoms with Crippen molar-refractivity contribution in [1.82, 2.24) is 15.2 Å². The Morgan fingerprint density at radius 2 is 2.09 bits per heavy atom. The van der Waals surface area contributed by atoms with E-state index in [1.807, 2.05) is 6.07 Å². The molecule has 1 aromatic carbocycles. The lowest BCUT2D eigenvalue weighted by Crippen LogP contribution is -2.78. The van der Waals surface area contributed by atoms with Crippen LogP contribution in [-0.2, 0) is 11.8 Å². The Morgan fingerprint density at radius 3 is 2.86 bits per heavy atom. The summed E-state index contributed by atoms with van der Waals surface area (Å²) in [7, 11) is 0. The molecular formula is C26H29Cl2N3O4. The molecule has 2 aliphatic heterocycles. The van der Waals surface area contributed by atoms with Crippen LogP contribution in [-0.4, -0.2) is 62.9 Å². The van der Waals surface area contributed by atoms with Gasteiger partial charge in [0.2, 0.25) is 0 Å². The van der Waals surface area contributed by atoms with Crippen molar-refractivity contribution in [3.8, 4) is 11.5 Å². The van der Waals surface area contributed by atoms with Gasteiger partial charge in [-0.05, 0) is 68.7 Å². The zero-order valence-electron chi connectivity index (χ0n) is 19.2. The van der Waals surface area contributed by atoms with Gasteiger partial charge < -0.3 is 20.3 Å². The number of carbonyl (C=O) groups is 1. The highest BCUT2D eigenvalue weighted by molar-refractivity contribution is 6.33. The number of aromatic hydroxyl groups is 1. The average Bonchev–Trinajstić information content (AvgIpc) is 3.56. The van der Waals surface area contributed by atoms with E-state index in [1.165, 1.54) is 19.0 Å². The molecule has 2 bridgehead atoms. The Morgan fingerprint density at radius 1 is 1.26 bits per heavy atom. The van der Waals surface area contributed by atoms with Crippen LogP contribution < -0.4 is 10.1 Å². The minimum atomic E-state index is -0.966. The van der Waals surface area contributed by atoms with Crippen molar-refractivity contribution in [2.45, 2.75) is 67.7 Å². The van der Waals surface area contributed by atoms with Crippen LogP contribution in [0.25, 0.3) is 0 Å². The van der Waals surface area contributed by atoms with Crippen molar-refractivity contribution < 1.29 is 19.7 Å². The zero-order chi connectivity index (χ0) is 23.2. The number of hydrogen-bond acceptors (Lipinski definition) is 6. The first-order chi connectivity index (χ1) is 16.4. The van der Waals surface area contributed by atoms with Gasteiger partial charge in [-0.3, -0.25) is 14.7 Å². The van der Waals surface area contributed by atoms with Gasteiger partial charge in [-0.1, -0.05) is 17.7 Å². The Balaban J connectivity index is 0.00000229. The molecule has 1 saturated heterocycles. The van der Waals surface area contributed by atoms with E-state index in [4.69, 9.17) is 16.3 Å². The van der Waals surface area contributed by atoms with E-state index in [-0.39, 0.29) is 36.1 Å². The van der Waals surface area contributed by atoms with Crippen molar-refractivity contribution in [3.05, 3.63) is 52.3 Å². The molecule has 35 heavy (non-hydrogen) atoms. The molecule has 3 aliphatic carbocycles. The molecule has 7 rings (SSSR count). The van der Waals surface area contributed by atoms with Gasteiger partial charge in [0.15, 0.2) is 11.5 Å². The SMILES string of the molecule is Cl.O=C(N[C@@H]1CC[C@@]2(O)[C@H]3Cc4ccc(O)c5c4[C@@]2(CCN3CC2CC2)[C@H]1O5)c1ccncc1Cl. The van der Waals surface area contributed by atoms with Crippen LogP contribution in [0.3, 0.4) is 0 Å². The molecule has 9 heteroatoms. The van der Waals surface area contributed by atoms with Crippen molar-refractivity contribution in [2.24, 2.45) is 5.92 Å². The number of halogens is 2. The minimum absolute atomic E-state index is 0. The summed E-state index contributed by atoms with van der Waals surface area (Å²) in [4.78, 5) is 19.6. The maximum absolute atomic E-state index is 13.2. The van der Waals surface area contributed by atoms with E-state index >= 15 is 0 Å². The maximum atomic E-state index is 13.2. The van der Waals surface area contributed by atoms with E-state index in [1.54, 1.807) is 18.3 Å². The van der Waals surface area contributed by atoms with Crippen molar-refractivity contribution >= 4 is 29.9 Å². The van der Waals surface area contributed by atoms with Gasteiger partial charge in [0.1, 0.15) is 6.10 Å². The normalized spacial score (nSPS) is 34.4. The summed E-state index contributed by atoms with van der Waals surface area (Å²) >= 11 is 6.23. The quantitative estimate of drug-likeness (QED) is 0.576. The molecule has 2 aromatic rings. The van der Waals surface area contributed by atoms with Gasteiger partial charge in [-0.2, -0.15) is 0 Å². The molecule has 2 saturated carbocycles. The minimum Gasteiger partial charge on any atom is -0.504 e. The highest BCUT2D eigenvalue weighted by atomic mass is 35.5. The topological polar surface area (TPSA) is 94.9 Å². The molecule has 1 amide bonds. The monoisotopic (exact) mass is 517 g/mol. The number of amides is 1. The van der Waals surface area contributed by atoms with Crippen molar-refractivity contribution in [2.75, 3.05) is 13.1 Å². The van der Waals surface area contributed by atoms with E-state index in [0.717, 1.165) is 43.0 Å². The summed E-state index contributed by atoms with van der Waals surface area (Å²) in [5.74, 6) is 1.05. The molecule has 0 radical (unpaired) electrons. The molecule has 7 nitrogen and oxygen atoms in total. The molecule has 186 valence electrons. The van der Waals surface area contributed by atoms with Gasteiger partial charge in [-0.25, -0.2) is 0 Å².